The fourth-order valence-electron chi connectivity index (χ4n) is 6.67. The zero-order valence-electron chi connectivity index (χ0n) is 27.8. The Bertz CT molecular complexity index is 1760. The van der Waals surface area contributed by atoms with Crippen molar-refractivity contribution in [2.45, 2.75) is 52.3 Å². The number of carboxylic acids is 1. The number of piperidine rings is 1. The predicted octanol–water partition coefficient (Wildman–Crippen LogP) is 6.76. The molecule has 0 saturated carbocycles. The zero-order valence-corrected chi connectivity index (χ0v) is 28.5. The van der Waals surface area contributed by atoms with Gasteiger partial charge in [-0.1, -0.05) is 80.4 Å². The van der Waals surface area contributed by atoms with Gasteiger partial charge in [0.1, 0.15) is 42.2 Å². The molecule has 1 fully saturated rings. The number of allylic oxidation sites excluding steroid dienone is 3. The molecule has 1 aliphatic carbocycles. The number of benzene rings is 2. The van der Waals surface area contributed by atoms with Crippen LogP contribution in [0.4, 0.5) is 0 Å². The molecule has 1 aliphatic heterocycles. The lowest BCUT2D eigenvalue weighted by Crippen LogP contribution is -2.53. The number of rotatable bonds is 11. The maximum absolute atomic E-state index is 14.1. The van der Waals surface area contributed by atoms with Crippen molar-refractivity contribution < 1.29 is 24.2 Å². The first-order valence-corrected chi connectivity index (χ1v) is 16.4. The summed E-state index contributed by atoms with van der Waals surface area (Å²) < 4.78 is 12.8. The molecule has 1 saturated heterocycles. The number of pyridine rings is 1. The first-order chi connectivity index (χ1) is 23.0. The summed E-state index contributed by atoms with van der Waals surface area (Å²) in [6, 6.07) is 16.7. The molecule has 9 nitrogen and oxygen atoms in total. The summed E-state index contributed by atoms with van der Waals surface area (Å²) in [4.78, 5) is 33.8. The number of nitriles is 1. The van der Waals surface area contributed by atoms with Gasteiger partial charge in [-0.15, -0.1) is 0 Å². The number of likely N-dealkylation sites (tertiary alicyclic amines) is 1. The van der Waals surface area contributed by atoms with E-state index in [4.69, 9.17) is 21.1 Å². The van der Waals surface area contributed by atoms with Crippen LogP contribution in [0.25, 0.3) is 5.57 Å². The molecule has 1 amide bonds. The number of ether oxygens (including phenoxy) is 2. The van der Waals surface area contributed by atoms with Crippen LogP contribution < -0.4 is 9.47 Å². The van der Waals surface area contributed by atoms with E-state index in [0.717, 1.165) is 24.0 Å². The third-order valence-corrected chi connectivity index (χ3v) is 9.76. The molecule has 2 aliphatic rings. The summed E-state index contributed by atoms with van der Waals surface area (Å²) in [7, 11) is 3.48. The molecule has 250 valence electrons. The molecule has 1 unspecified atom stereocenters. The van der Waals surface area contributed by atoms with E-state index in [-0.39, 0.29) is 19.1 Å². The molecule has 2 heterocycles. The van der Waals surface area contributed by atoms with Crippen molar-refractivity contribution in [1.82, 2.24) is 14.8 Å². The fourth-order valence-corrected chi connectivity index (χ4v) is 6.91. The Labute approximate surface area is 287 Å². The van der Waals surface area contributed by atoms with Crippen LogP contribution in [0.2, 0.25) is 5.02 Å². The van der Waals surface area contributed by atoms with Gasteiger partial charge in [-0.25, -0.2) is 0 Å². The van der Waals surface area contributed by atoms with Gasteiger partial charge in [0.15, 0.2) is 0 Å². The third-order valence-electron chi connectivity index (χ3n) is 9.47. The minimum Gasteiger partial charge on any atom is -0.490 e. The second-order valence-corrected chi connectivity index (χ2v) is 13.5. The number of halogens is 1. The van der Waals surface area contributed by atoms with Crippen LogP contribution in [0.3, 0.4) is 0 Å². The van der Waals surface area contributed by atoms with Gasteiger partial charge in [0.25, 0.3) is 0 Å². The molecule has 3 aromatic rings. The summed E-state index contributed by atoms with van der Waals surface area (Å²) in [5, 5.41) is 19.6. The quantitative estimate of drug-likeness (QED) is 0.238. The summed E-state index contributed by atoms with van der Waals surface area (Å²) in [6.45, 7) is 5.17. The Kier molecular flexibility index (Phi) is 10.6. The van der Waals surface area contributed by atoms with E-state index < -0.39 is 22.8 Å². The topological polar surface area (TPSA) is 116 Å². The highest BCUT2D eigenvalue weighted by molar-refractivity contribution is 6.32. The van der Waals surface area contributed by atoms with Gasteiger partial charge in [-0.3, -0.25) is 19.5 Å². The molecule has 5 rings (SSSR count). The first-order valence-electron chi connectivity index (χ1n) is 16.0. The number of aromatic nitrogens is 1. The van der Waals surface area contributed by atoms with Gasteiger partial charge in [0, 0.05) is 55.6 Å². The normalized spacial score (nSPS) is 20.3. The van der Waals surface area contributed by atoms with Crippen molar-refractivity contribution in [1.29, 1.82) is 5.26 Å². The average molecular weight is 669 g/mol. The Balaban J connectivity index is 1.49. The maximum atomic E-state index is 14.1. The highest BCUT2D eigenvalue weighted by atomic mass is 35.5. The molecular weight excluding hydrogens is 628 g/mol. The highest BCUT2D eigenvalue weighted by Gasteiger charge is 2.54. The summed E-state index contributed by atoms with van der Waals surface area (Å²) >= 11 is 6.89. The Hall–Kier alpha value is -4.65. The predicted molar refractivity (Wildman–Crippen MR) is 184 cm³/mol. The molecule has 1 N–H and O–H groups in total. The Morgan fingerprint density at radius 1 is 1.10 bits per heavy atom. The molecule has 10 heteroatoms. The molecule has 2 atom stereocenters. The molecule has 0 bridgehead atoms. The minimum atomic E-state index is -1.08. The number of carbonyl (C=O) groups is 2. The standard InChI is InChI=1S/C38H41ClN4O5/c1-37(2)30(28-11-6-5-7-12-28)13-10-15-38(37,36(46)42(3)4)25-48-34-19-33(47-24-27-17-26(20-40)21-41-22-27)29(18-31(34)39)23-43-16-9-8-14-32(43)35(44)45/h5-7,10-13,15,17-19,21-22,32H,8-9,14,16,23-25H2,1-4H3,(H,44,45)/t32-,38?/m0/s1. The van der Waals surface area contributed by atoms with Crippen molar-refractivity contribution in [2.75, 3.05) is 27.2 Å². The number of carbonyl (C=O) groups excluding carboxylic acids is 1. The van der Waals surface area contributed by atoms with E-state index in [0.29, 0.717) is 52.7 Å². The van der Waals surface area contributed by atoms with E-state index in [9.17, 15) is 20.0 Å². The lowest BCUT2D eigenvalue weighted by atomic mass is 9.58. The summed E-state index contributed by atoms with van der Waals surface area (Å²) in [6.07, 6.45) is 11.3. The van der Waals surface area contributed by atoms with E-state index in [1.807, 2.05) is 53.5 Å². The number of hydrogen-bond donors (Lipinski definition) is 1. The number of nitrogens with zero attached hydrogens (tertiary/aromatic N) is 4. The van der Waals surface area contributed by atoms with E-state index in [1.54, 1.807) is 43.4 Å². The van der Waals surface area contributed by atoms with Gasteiger partial charge in [0.2, 0.25) is 5.91 Å². The van der Waals surface area contributed by atoms with Crippen LogP contribution in [-0.4, -0.2) is 65.1 Å². The van der Waals surface area contributed by atoms with Crippen LogP contribution in [0.1, 0.15) is 55.4 Å². The fraction of sp³-hybridized carbons (Fsp3) is 0.368. The SMILES string of the molecule is CN(C)C(=O)C1(COc2cc(OCc3cncc(C#N)c3)c(CN3CCCC[C@H]3C(=O)O)cc2Cl)C=CC=C(c2ccccc2)C1(C)C. The van der Waals surface area contributed by atoms with Crippen molar-refractivity contribution >= 4 is 29.1 Å². The number of hydrogen-bond acceptors (Lipinski definition) is 7. The zero-order chi connectivity index (χ0) is 34.5. The van der Waals surface area contributed by atoms with E-state index in [2.05, 4.69) is 24.9 Å². The van der Waals surface area contributed by atoms with Crippen LogP contribution in [0.5, 0.6) is 11.5 Å². The number of carboxylic acid groups (broad SMARTS) is 1. The molecule has 2 aromatic carbocycles. The smallest absolute Gasteiger partial charge is 0.320 e. The van der Waals surface area contributed by atoms with Gasteiger partial charge in [-0.2, -0.15) is 5.26 Å². The van der Waals surface area contributed by atoms with Gasteiger partial charge in [-0.05, 0) is 42.7 Å². The van der Waals surface area contributed by atoms with Gasteiger partial charge < -0.3 is 19.5 Å². The highest BCUT2D eigenvalue weighted by Crippen LogP contribution is 2.53. The number of aliphatic carboxylic acids is 1. The van der Waals surface area contributed by atoms with Gasteiger partial charge >= 0.3 is 5.97 Å². The molecule has 0 spiro atoms. The minimum absolute atomic E-state index is 0.00244. The maximum Gasteiger partial charge on any atom is 0.320 e. The van der Waals surface area contributed by atoms with E-state index in [1.165, 1.54) is 6.20 Å². The average Bonchev–Trinajstić information content (AvgIpc) is 3.08. The largest absolute Gasteiger partial charge is 0.490 e. The third kappa shape index (κ3) is 7.10. The van der Waals surface area contributed by atoms with Crippen molar-refractivity contribution in [3.8, 4) is 17.6 Å². The summed E-state index contributed by atoms with van der Waals surface area (Å²) in [5.41, 5.74) is 2.10. The monoisotopic (exact) mass is 668 g/mol. The van der Waals surface area contributed by atoms with Crippen LogP contribution in [0.15, 0.2) is 79.2 Å². The second kappa shape index (κ2) is 14.6. The second-order valence-electron chi connectivity index (χ2n) is 13.1. The van der Waals surface area contributed by atoms with Crippen LogP contribution in [-0.2, 0) is 22.7 Å². The lowest BCUT2D eigenvalue weighted by Gasteiger charge is -2.47. The Morgan fingerprint density at radius 3 is 2.58 bits per heavy atom. The number of amides is 1. The molecule has 0 radical (unpaired) electrons. The van der Waals surface area contributed by atoms with Crippen molar-refractivity contribution in [3.05, 3.63) is 106 Å². The van der Waals surface area contributed by atoms with Crippen LogP contribution >= 0.6 is 11.6 Å². The summed E-state index contributed by atoms with van der Waals surface area (Å²) in [5.74, 6) is -0.170. The van der Waals surface area contributed by atoms with Crippen LogP contribution in [0, 0.1) is 22.2 Å². The van der Waals surface area contributed by atoms with Crippen molar-refractivity contribution in [3.63, 3.8) is 0 Å². The van der Waals surface area contributed by atoms with E-state index >= 15 is 0 Å². The van der Waals surface area contributed by atoms with Gasteiger partial charge in [0.05, 0.1) is 10.6 Å². The molecular formula is C38H41ClN4O5. The Morgan fingerprint density at radius 2 is 1.88 bits per heavy atom. The lowest BCUT2D eigenvalue weighted by molar-refractivity contribution is -0.145. The van der Waals surface area contributed by atoms with Crippen molar-refractivity contribution in [2.24, 2.45) is 10.8 Å². The molecule has 48 heavy (non-hydrogen) atoms. The molecule has 1 aromatic heterocycles. The first kappa shape index (κ1) is 34.7.